The molecule has 1 atom stereocenters. The number of rotatable bonds is 5. The highest BCUT2D eigenvalue weighted by Crippen LogP contribution is 2.14. The zero-order chi connectivity index (χ0) is 12.8. The lowest BCUT2D eigenvalue weighted by molar-refractivity contribution is -0.400. The second-order valence-electron chi connectivity index (χ2n) is 3.47. The molecule has 0 radical (unpaired) electrons. The van der Waals surface area contributed by atoms with Crippen molar-refractivity contribution in [2.45, 2.75) is 12.2 Å². The number of carbonyl (C=O) groups is 1. The first-order valence-corrected chi connectivity index (χ1v) is 6.32. The monoisotopic (exact) mass is 251 g/mol. The third kappa shape index (κ3) is 4.03. The summed E-state index contributed by atoms with van der Waals surface area (Å²) < 4.78 is 0. The maximum absolute atomic E-state index is 11.8. The molecule has 1 aromatic carbocycles. The second kappa shape index (κ2) is 6.20. The molecular weight excluding hydrogens is 238 g/mol. The summed E-state index contributed by atoms with van der Waals surface area (Å²) in [6, 6.07) is 6.77. The fourth-order valence-electron chi connectivity index (χ4n) is 1.25. The quantitative estimate of drug-likeness (QED) is 0.458. The van der Waals surface area contributed by atoms with E-state index in [0.717, 1.165) is 6.20 Å². The van der Waals surface area contributed by atoms with E-state index in [2.05, 4.69) is 0 Å². The summed E-state index contributed by atoms with van der Waals surface area (Å²) in [5, 5.41) is 10.1. The van der Waals surface area contributed by atoms with E-state index in [0.29, 0.717) is 11.1 Å². The molecule has 90 valence electrons. The zero-order valence-corrected chi connectivity index (χ0v) is 10.4. The third-order valence-corrected chi connectivity index (χ3v) is 3.23. The van der Waals surface area contributed by atoms with Crippen LogP contribution in [0.1, 0.15) is 22.8 Å². The molecule has 0 bridgehead atoms. The summed E-state index contributed by atoms with van der Waals surface area (Å²) in [4.78, 5) is 21.4. The Hall–Kier alpha value is -1.62. The van der Waals surface area contributed by atoms with Crippen LogP contribution in [0.2, 0.25) is 0 Å². The van der Waals surface area contributed by atoms with Crippen LogP contribution in [0.3, 0.4) is 0 Å². The number of carbonyl (C=O) groups excluding carboxylic acids is 1. The predicted octanol–water partition coefficient (Wildman–Crippen LogP) is 2.87. The average Bonchev–Trinajstić information content (AvgIpc) is 2.35. The van der Waals surface area contributed by atoms with Crippen LogP contribution in [0.4, 0.5) is 0 Å². The third-order valence-electron chi connectivity index (χ3n) is 2.31. The molecule has 0 aliphatic rings. The Kier molecular flexibility index (Phi) is 4.90. The molecule has 0 amide bonds. The summed E-state index contributed by atoms with van der Waals surface area (Å²) in [5.74, 6) is 0.0716. The topological polar surface area (TPSA) is 60.2 Å². The van der Waals surface area contributed by atoms with E-state index >= 15 is 0 Å². The number of Topliss-reactive ketones (excluding diaryl/α,β-unsaturated/α-hetero) is 1. The molecule has 1 rings (SSSR count). The highest BCUT2D eigenvalue weighted by molar-refractivity contribution is 7.99. The second-order valence-corrected chi connectivity index (χ2v) is 4.64. The van der Waals surface area contributed by atoms with E-state index in [9.17, 15) is 14.9 Å². The fraction of sp³-hybridized carbons (Fsp3) is 0.250. The lowest BCUT2D eigenvalue weighted by Crippen LogP contribution is -2.12. The highest BCUT2D eigenvalue weighted by atomic mass is 32.2. The lowest BCUT2D eigenvalue weighted by Gasteiger charge is -2.06. The predicted molar refractivity (Wildman–Crippen MR) is 69.8 cm³/mol. The maximum Gasteiger partial charge on any atom is 0.235 e. The molecule has 0 saturated carbocycles. The maximum atomic E-state index is 11.8. The first kappa shape index (κ1) is 13.4. The van der Waals surface area contributed by atoms with Gasteiger partial charge in [0.25, 0.3) is 0 Å². The van der Waals surface area contributed by atoms with Gasteiger partial charge in [0.1, 0.15) is 0 Å². The van der Waals surface area contributed by atoms with Crippen molar-refractivity contribution in [1.29, 1.82) is 0 Å². The molecule has 17 heavy (non-hydrogen) atoms. The van der Waals surface area contributed by atoms with Gasteiger partial charge < -0.3 is 0 Å². The van der Waals surface area contributed by atoms with Gasteiger partial charge in [0, 0.05) is 11.6 Å². The van der Waals surface area contributed by atoms with Crippen LogP contribution in [-0.2, 0) is 0 Å². The summed E-state index contributed by atoms with van der Waals surface area (Å²) in [7, 11) is 0. The van der Waals surface area contributed by atoms with E-state index in [1.54, 1.807) is 24.3 Å². The summed E-state index contributed by atoms with van der Waals surface area (Å²) in [5.41, 5.74) is 1.33. The smallest absolute Gasteiger partial charge is 0.235 e. The van der Waals surface area contributed by atoms with Gasteiger partial charge in [-0.2, -0.15) is 11.8 Å². The van der Waals surface area contributed by atoms with Crippen LogP contribution in [0.25, 0.3) is 6.08 Å². The Balaban J connectivity index is 2.81. The minimum absolute atomic E-state index is 0.0716. The number of nitrogens with zero attached hydrogens (tertiary/aromatic N) is 1. The first-order valence-electron chi connectivity index (χ1n) is 5.03. The van der Waals surface area contributed by atoms with Crippen LogP contribution >= 0.6 is 11.8 Å². The molecule has 0 saturated heterocycles. The van der Waals surface area contributed by atoms with Crippen molar-refractivity contribution < 1.29 is 9.72 Å². The zero-order valence-electron chi connectivity index (χ0n) is 9.62. The molecule has 0 spiro atoms. The largest absolute Gasteiger partial charge is 0.293 e. The van der Waals surface area contributed by atoms with Gasteiger partial charge in [-0.3, -0.25) is 14.9 Å². The summed E-state index contributed by atoms with van der Waals surface area (Å²) in [6.45, 7) is 1.85. The van der Waals surface area contributed by atoms with Crippen LogP contribution in [0.15, 0.2) is 30.5 Å². The van der Waals surface area contributed by atoms with Crippen molar-refractivity contribution in [1.82, 2.24) is 0 Å². The van der Waals surface area contributed by atoms with Crippen molar-refractivity contribution in [3.63, 3.8) is 0 Å². The highest BCUT2D eigenvalue weighted by Gasteiger charge is 2.13. The number of benzene rings is 1. The molecular formula is C12H13NO3S. The van der Waals surface area contributed by atoms with Gasteiger partial charge in [-0.1, -0.05) is 24.3 Å². The van der Waals surface area contributed by atoms with Crippen LogP contribution in [-0.4, -0.2) is 22.2 Å². The number of nitro groups is 1. The molecule has 0 N–H and O–H groups in total. The molecule has 1 aromatic rings. The number of thioether (sulfide) groups is 1. The fourth-order valence-corrected chi connectivity index (χ4v) is 1.60. The van der Waals surface area contributed by atoms with E-state index in [4.69, 9.17) is 0 Å². The molecule has 5 heteroatoms. The molecule has 0 heterocycles. The number of hydrogen-bond acceptors (Lipinski definition) is 4. The Labute approximate surface area is 104 Å². The van der Waals surface area contributed by atoms with Crippen molar-refractivity contribution in [3.8, 4) is 0 Å². The number of hydrogen-bond donors (Lipinski definition) is 0. The van der Waals surface area contributed by atoms with Crippen molar-refractivity contribution in [3.05, 3.63) is 51.7 Å². The average molecular weight is 251 g/mol. The van der Waals surface area contributed by atoms with Crippen molar-refractivity contribution in [2.24, 2.45) is 0 Å². The van der Waals surface area contributed by atoms with Gasteiger partial charge in [-0.05, 0) is 18.7 Å². The van der Waals surface area contributed by atoms with Gasteiger partial charge in [0.05, 0.1) is 10.2 Å². The van der Waals surface area contributed by atoms with E-state index in [-0.39, 0.29) is 11.0 Å². The SMILES string of the molecule is CSC(C)C(=O)c1ccc(/C=C\[N+](=O)[O-])cc1. The molecule has 0 fully saturated rings. The Bertz CT molecular complexity index is 440. The summed E-state index contributed by atoms with van der Waals surface area (Å²) >= 11 is 1.49. The van der Waals surface area contributed by atoms with Gasteiger partial charge >= 0.3 is 0 Å². The van der Waals surface area contributed by atoms with E-state index < -0.39 is 4.92 Å². The molecule has 0 aliphatic carbocycles. The van der Waals surface area contributed by atoms with Crippen molar-refractivity contribution >= 4 is 23.6 Å². The number of ketones is 1. The first-order chi connectivity index (χ1) is 8.04. The Morgan fingerprint density at radius 2 is 2.00 bits per heavy atom. The molecule has 4 nitrogen and oxygen atoms in total. The molecule has 0 aliphatic heterocycles. The normalized spacial score (nSPS) is 12.6. The van der Waals surface area contributed by atoms with E-state index in [1.165, 1.54) is 17.8 Å². The molecule has 0 aromatic heterocycles. The van der Waals surface area contributed by atoms with E-state index in [1.807, 2.05) is 13.2 Å². The Morgan fingerprint density at radius 3 is 2.47 bits per heavy atom. The van der Waals surface area contributed by atoms with Gasteiger partial charge in [0.15, 0.2) is 5.78 Å². The lowest BCUT2D eigenvalue weighted by atomic mass is 10.1. The standard InChI is InChI=1S/C12H13NO3S/c1-9(17-2)12(14)11-5-3-10(4-6-11)7-8-13(15)16/h3-9H,1-2H3/b8-7-. The Morgan fingerprint density at radius 1 is 1.41 bits per heavy atom. The van der Waals surface area contributed by atoms with Crippen LogP contribution in [0.5, 0.6) is 0 Å². The van der Waals surface area contributed by atoms with Crippen LogP contribution in [0, 0.1) is 10.1 Å². The van der Waals surface area contributed by atoms with Gasteiger partial charge in [-0.25, -0.2) is 0 Å². The minimum Gasteiger partial charge on any atom is -0.293 e. The summed E-state index contributed by atoms with van der Waals surface area (Å²) in [6.07, 6.45) is 4.16. The van der Waals surface area contributed by atoms with Gasteiger partial charge in [0.2, 0.25) is 6.20 Å². The minimum atomic E-state index is -0.519. The molecule has 1 unspecified atom stereocenters. The van der Waals surface area contributed by atoms with Crippen LogP contribution < -0.4 is 0 Å². The van der Waals surface area contributed by atoms with Gasteiger partial charge in [-0.15, -0.1) is 0 Å². The van der Waals surface area contributed by atoms with Crippen molar-refractivity contribution in [2.75, 3.05) is 6.26 Å².